The van der Waals surface area contributed by atoms with E-state index in [2.05, 4.69) is 10.1 Å². The summed E-state index contributed by atoms with van der Waals surface area (Å²) in [7, 11) is 0. The monoisotopic (exact) mass is 283 g/mol. The fraction of sp³-hybridized carbons (Fsp3) is 0.462. The van der Waals surface area contributed by atoms with Crippen molar-refractivity contribution in [2.45, 2.75) is 25.3 Å². The molecule has 19 heavy (non-hydrogen) atoms. The molecule has 0 radical (unpaired) electrons. The predicted octanol–water partition coefficient (Wildman–Crippen LogP) is 1.79. The van der Waals surface area contributed by atoms with Gasteiger partial charge in [-0.25, -0.2) is 0 Å². The highest BCUT2D eigenvalue weighted by Crippen LogP contribution is 2.31. The molecular weight excluding hydrogens is 266 g/mol. The molecule has 1 aliphatic rings. The number of aliphatic hydroxyl groups excluding tert-OH is 1. The number of hydrogen-bond acceptors (Lipinski definition) is 4. The molecule has 0 amide bonds. The lowest BCUT2D eigenvalue weighted by atomic mass is 10.0. The summed E-state index contributed by atoms with van der Waals surface area (Å²) in [4.78, 5) is 2.13. The van der Waals surface area contributed by atoms with E-state index in [0.717, 1.165) is 31.5 Å². The number of piperidine rings is 1. The van der Waals surface area contributed by atoms with Crippen molar-refractivity contribution in [3.8, 4) is 0 Å². The van der Waals surface area contributed by atoms with E-state index in [-0.39, 0.29) is 18.5 Å². The van der Waals surface area contributed by atoms with Crippen molar-refractivity contribution in [2.24, 2.45) is 10.9 Å². The van der Waals surface area contributed by atoms with Crippen LogP contribution < -0.4 is 10.6 Å². The minimum Gasteiger partial charge on any atom is -0.409 e. The van der Waals surface area contributed by atoms with Gasteiger partial charge in [0.05, 0.1) is 23.4 Å². The third kappa shape index (κ3) is 2.93. The summed E-state index contributed by atoms with van der Waals surface area (Å²) < 4.78 is 0. The molecule has 104 valence electrons. The average molecular weight is 284 g/mol. The quantitative estimate of drug-likeness (QED) is 0.342. The molecule has 1 atom stereocenters. The second-order valence-corrected chi connectivity index (χ2v) is 5.08. The smallest absolute Gasteiger partial charge is 0.170 e. The number of aliphatic hydroxyl groups is 1. The highest BCUT2D eigenvalue weighted by Gasteiger charge is 2.23. The lowest BCUT2D eigenvalue weighted by molar-refractivity contribution is 0.240. The Bertz CT molecular complexity index is 479. The van der Waals surface area contributed by atoms with Crippen molar-refractivity contribution in [1.29, 1.82) is 0 Å². The molecule has 1 aromatic carbocycles. The van der Waals surface area contributed by atoms with E-state index >= 15 is 0 Å². The number of hydrogen-bond donors (Lipinski definition) is 3. The maximum atomic E-state index is 9.44. The van der Waals surface area contributed by atoms with Crippen LogP contribution in [0.1, 0.15) is 24.8 Å². The first kappa shape index (κ1) is 14.0. The number of amidine groups is 1. The maximum Gasteiger partial charge on any atom is 0.170 e. The summed E-state index contributed by atoms with van der Waals surface area (Å²) in [5.74, 6) is 0.0332. The Kier molecular flexibility index (Phi) is 4.50. The minimum absolute atomic E-state index is 0.0332. The van der Waals surface area contributed by atoms with E-state index < -0.39 is 0 Å². The fourth-order valence-electron chi connectivity index (χ4n) is 2.46. The van der Waals surface area contributed by atoms with Gasteiger partial charge in [-0.1, -0.05) is 16.8 Å². The molecule has 6 heteroatoms. The van der Waals surface area contributed by atoms with Crippen LogP contribution in [0.2, 0.25) is 5.02 Å². The summed E-state index contributed by atoms with van der Waals surface area (Å²) in [6.45, 7) is 1.01. The van der Waals surface area contributed by atoms with Gasteiger partial charge >= 0.3 is 0 Å². The van der Waals surface area contributed by atoms with Crippen molar-refractivity contribution in [1.82, 2.24) is 0 Å². The number of rotatable bonds is 3. The zero-order chi connectivity index (χ0) is 13.8. The molecule has 2 rings (SSSR count). The fourth-order valence-corrected chi connectivity index (χ4v) is 2.75. The molecule has 0 spiro atoms. The van der Waals surface area contributed by atoms with Crippen molar-refractivity contribution in [3.63, 3.8) is 0 Å². The third-order valence-corrected chi connectivity index (χ3v) is 3.80. The Morgan fingerprint density at radius 1 is 1.47 bits per heavy atom. The highest BCUT2D eigenvalue weighted by molar-refractivity contribution is 6.33. The molecule has 0 saturated carbocycles. The van der Waals surface area contributed by atoms with Crippen molar-refractivity contribution < 1.29 is 10.3 Å². The van der Waals surface area contributed by atoms with Crippen LogP contribution in [-0.2, 0) is 0 Å². The molecule has 1 aromatic rings. The number of benzene rings is 1. The second kappa shape index (κ2) is 6.12. The predicted molar refractivity (Wildman–Crippen MR) is 76.0 cm³/mol. The highest BCUT2D eigenvalue weighted by atomic mass is 35.5. The molecule has 0 bridgehead atoms. The Balaban J connectivity index is 2.29. The summed E-state index contributed by atoms with van der Waals surface area (Å²) in [5.41, 5.74) is 6.99. The van der Waals surface area contributed by atoms with E-state index in [1.54, 1.807) is 12.1 Å². The van der Waals surface area contributed by atoms with Gasteiger partial charge in [-0.05, 0) is 37.5 Å². The minimum atomic E-state index is 0.0332. The van der Waals surface area contributed by atoms with Crippen LogP contribution in [0.5, 0.6) is 0 Å². The SMILES string of the molecule is N/C(=N/O)c1ccc(N2CCCCC2CO)c(Cl)c1. The zero-order valence-corrected chi connectivity index (χ0v) is 11.3. The first-order chi connectivity index (χ1) is 9.17. The molecular formula is C13H18ClN3O2. The van der Waals surface area contributed by atoms with Crippen LogP contribution in [0.25, 0.3) is 0 Å². The van der Waals surface area contributed by atoms with Gasteiger partial charge in [0.25, 0.3) is 0 Å². The molecule has 1 saturated heterocycles. The molecule has 0 aliphatic carbocycles. The van der Waals surface area contributed by atoms with Gasteiger partial charge in [0.1, 0.15) is 0 Å². The summed E-state index contributed by atoms with van der Waals surface area (Å²) in [6.07, 6.45) is 3.19. The van der Waals surface area contributed by atoms with E-state index in [1.165, 1.54) is 0 Å². The number of anilines is 1. The molecule has 1 aliphatic heterocycles. The van der Waals surface area contributed by atoms with Gasteiger partial charge in [-0.3, -0.25) is 0 Å². The summed E-state index contributed by atoms with van der Waals surface area (Å²) in [6, 6.07) is 5.40. The van der Waals surface area contributed by atoms with Crippen LogP contribution in [0.3, 0.4) is 0 Å². The van der Waals surface area contributed by atoms with Gasteiger partial charge in [-0.2, -0.15) is 0 Å². The van der Waals surface area contributed by atoms with Gasteiger partial charge in [0, 0.05) is 12.1 Å². The topological polar surface area (TPSA) is 82.1 Å². The van der Waals surface area contributed by atoms with Crippen LogP contribution >= 0.6 is 11.6 Å². The summed E-state index contributed by atoms with van der Waals surface area (Å²) >= 11 is 6.27. The molecule has 4 N–H and O–H groups in total. The zero-order valence-electron chi connectivity index (χ0n) is 10.6. The Hall–Kier alpha value is -1.46. The lowest BCUT2D eigenvalue weighted by Gasteiger charge is -2.37. The van der Waals surface area contributed by atoms with Gasteiger partial charge in [0.15, 0.2) is 5.84 Å². The van der Waals surface area contributed by atoms with Crippen molar-refractivity contribution >= 4 is 23.1 Å². The molecule has 1 unspecified atom stereocenters. The summed E-state index contributed by atoms with van der Waals surface area (Å²) in [5, 5.41) is 21.6. The second-order valence-electron chi connectivity index (χ2n) is 4.68. The number of nitrogens with zero attached hydrogens (tertiary/aromatic N) is 2. The number of halogens is 1. The van der Waals surface area contributed by atoms with Crippen LogP contribution in [-0.4, -0.2) is 35.3 Å². The van der Waals surface area contributed by atoms with Gasteiger partial charge in [0.2, 0.25) is 0 Å². The standard InChI is InChI=1S/C13H18ClN3O2/c14-11-7-9(13(15)16-19)4-5-12(11)17-6-2-1-3-10(17)8-18/h4-5,7,10,18-19H,1-3,6,8H2,(H2,15,16). The maximum absolute atomic E-state index is 9.44. The van der Waals surface area contributed by atoms with E-state index in [4.69, 9.17) is 22.5 Å². The lowest BCUT2D eigenvalue weighted by Crippen LogP contribution is -2.42. The molecule has 1 heterocycles. The molecule has 0 aromatic heterocycles. The van der Waals surface area contributed by atoms with E-state index in [0.29, 0.717) is 10.6 Å². The van der Waals surface area contributed by atoms with Crippen molar-refractivity contribution in [2.75, 3.05) is 18.1 Å². The van der Waals surface area contributed by atoms with Crippen LogP contribution in [0.4, 0.5) is 5.69 Å². The van der Waals surface area contributed by atoms with Crippen LogP contribution in [0, 0.1) is 0 Å². The first-order valence-electron chi connectivity index (χ1n) is 6.32. The third-order valence-electron chi connectivity index (χ3n) is 3.50. The molecule has 5 nitrogen and oxygen atoms in total. The average Bonchev–Trinajstić information content (AvgIpc) is 2.46. The van der Waals surface area contributed by atoms with Gasteiger partial charge in [-0.15, -0.1) is 0 Å². The largest absolute Gasteiger partial charge is 0.409 e. The van der Waals surface area contributed by atoms with Crippen molar-refractivity contribution in [3.05, 3.63) is 28.8 Å². The van der Waals surface area contributed by atoms with Crippen LogP contribution in [0.15, 0.2) is 23.4 Å². The normalized spacial score (nSPS) is 20.6. The van der Waals surface area contributed by atoms with Gasteiger partial charge < -0.3 is 20.9 Å². The Morgan fingerprint density at radius 3 is 2.89 bits per heavy atom. The van der Waals surface area contributed by atoms with E-state index in [9.17, 15) is 5.11 Å². The molecule has 1 fully saturated rings. The Labute approximate surface area is 117 Å². The number of oxime groups is 1. The number of nitrogens with two attached hydrogens (primary N) is 1. The Morgan fingerprint density at radius 2 is 2.26 bits per heavy atom. The first-order valence-corrected chi connectivity index (χ1v) is 6.70. The van der Waals surface area contributed by atoms with E-state index in [1.807, 2.05) is 6.07 Å².